The largest absolute Gasteiger partial charge is 0.454 e. The van der Waals surface area contributed by atoms with Crippen LogP contribution in [-0.4, -0.2) is 30.6 Å². The Bertz CT molecular complexity index is 639. The Morgan fingerprint density at radius 3 is 2.95 bits per heavy atom. The van der Waals surface area contributed by atoms with Crippen LogP contribution in [0, 0.1) is 0 Å². The lowest BCUT2D eigenvalue weighted by Gasteiger charge is -2.44. The smallest absolute Gasteiger partial charge is 0.231 e. The van der Waals surface area contributed by atoms with Crippen LogP contribution in [0.25, 0.3) is 0 Å². The zero-order valence-corrected chi connectivity index (χ0v) is 12.2. The van der Waals surface area contributed by atoms with Gasteiger partial charge in [-0.3, -0.25) is 4.90 Å². The first-order valence-electron chi connectivity index (χ1n) is 7.43. The van der Waals surface area contributed by atoms with E-state index in [1.54, 1.807) is 0 Å². The number of fused-ring (bicyclic) bond motifs is 5. The monoisotopic (exact) mass is 285 g/mol. The summed E-state index contributed by atoms with van der Waals surface area (Å²) in [6.07, 6.45) is 2.62. The zero-order chi connectivity index (χ0) is 14.6. The van der Waals surface area contributed by atoms with E-state index in [1.807, 2.05) is 0 Å². The molecule has 110 valence electrons. The number of rotatable bonds is 3. The van der Waals surface area contributed by atoms with Gasteiger partial charge >= 0.3 is 0 Å². The minimum absolute atomic E-state index is 0.129. The minimum atomic E-state index is -0.129. The van der Waals surface area contributed by atoms with E-state index in [0.717, 1.165) is 42.9 Å². The molecule has 21 heavy (non-hydrogen) atoms. The highest BCUT2D eigenvalue weighted by Gasteiger charge is 2.53. The molecule has 1 aromatic rings. The predicted molar refractivity (Wildman–Crippen MR) is 78.6 cm³/mol. The van der Waals surface area contributed by atoms with Gasteiger partial charge in [0.05, 0.1) is 0 Å². The predicted octanol–water partition coefficient (Wildman–Crippen LogP) is 2.41. The molecule has 1 saturated heterocycles. The van der Waals surface area contributed by atoms with Crippen molar-refractivity contribution >= 4 is 6.29 Å². The van der Waals surface area contributed by atoms with Crippen molar-refractivity contribution in [3.8, 4) is 11.5 Å². The van der Waals surface area contributed by atoms with Crippen molar-refractivity contribution in [1.29, 1.82) is 0 Å². The zero-order valence-electron chi connectivity index (χ0n) is 12.2. The van der Waals surface area contributed by atoms with Crippen LogP contribution in [0.3, 0.4) is 0 Å². The van der Waals surface area contributed by atoms with Gasteiger partial charge in [-0.15, -0.1) is 0 Å². The van der Waals surface area contributed by atoms with Gasteiger partial charge in [0.15, 0.2) is 11.5 Å². The molecule has 4 rings (SSSR count). The summed E-state index contributed by atoms with van der Waals surface area (Å²) in [4.78, 5) is 13.6. The quantitative estimate of drug-likeness (QED) is 0.631. The molecule has 3 atom stereocenters. The lowest BCUT2D eigenvalue weighted by atomic mass is 9.66. The number of nitrogens with zero attached hydrogens (tertiary/aromatic N) is 1. The van der Waals surface area contributed by atoms with Crippen LogP contribution in [0.2, 0.25) is 0 Å². The molecule has 2 bridgehead atoms. The molecule has 0 saturated carbocycles. The molecule has 0 spiro atoms. The van der Waals surface area contributed by atoms with Crippen LogP contribution >= 0.6 is 0 Å². The van der Waals surface area contributed by atoms with Crippen LogP contribution in [0.5, 0.6) is 11.5 Å². The van der Waals surface area contributed by atoms with Gasteiger partial charge in [-0.1, -0.05) is 12.2 Å². The van der Waals surface area contributed by atoms with Gasteiger partial charge in [0.25, 0.3) is 0 Å². The number of ether oxygens (including phenoxy) is 2. The second-order valence-electron chi connectivity index (χ2n) is 6.25. The standard InChI is InChI=1S/C17H19NO3/c1-11(2)17-4-5-18(16(17)3-6-19)9-12-7-14-15(8-13(12)17)21-10-20-14/h6-8,16H,1,3-5,9-10H2,2H3/t16-,17+/m0/s1. The van der Waals surface area contributed by atoms with Crippen molar-refractivity contribution in [2.24, 2.45) is 0 Å². The Labute approximate surface area is 124 Å². The first-order chi connectivity index (χ1) is 10.2. The fourth-order valence-electron chi connectivity index (χ4n) is 4.38. The van der Waals surface area contributed by atoms with E-state index in [-0.39, 0.29) is 11.5 Å². The molecule has 1 unspecified atom stereocenters. The summed E-state index contributed by atoms with van der Waals surface area (Å²) >= 11 is 0. The van der Waals surface area contributed by atoms with Crippen molar-refractivity contribution in [3.05, 3.63) is 35.4 Å². The Morgan fingerprint density at radius 1 is 1.48 bits per heavy atom. The molecule has 0 aliphatic carbocycles. The molecule has 0 aromatic heterocycles. The lowest BCUT2D eigenvalue weighted by Crippen LogP contribution is -2.47. The third kappa shape index (κ3) is 1.57. The van der Waals surface area contributed by atoms with E-state index in [9.17, 15) is 4.79 Å². The highest BCUT2D eigenvalue weighted by Crippen LogP contribution is 2.53. The summed E-state index contributed by atoms with van der Waals surface area (Å²) in [7, 11) is 0. The van der Waals surface area contributed by atoms with Gasteiger partial charge in [-0.25, -0.2) is 0 Å². The molecule has 3 heterocycles. The maximum Gasteiger partial charge on any atom is 0.231 e. The van der Waals surface area contributed by atoms with Crippen LogP contribution in [0.4, 0.5) is 0 Å². The molecule has 1 fully saturated rings. The van der Waals surface area contributed by atoms with Gasteiger partial charge in [0.1, 0.15) is 6.29 Å². The Balaban J connectivity index is 1.92. The van der Waals surface area contributed by atoms with E-state index >= 15 is 0 Å². The Kier molecular flexibility index (Phi) is 2.67. The molecular weight excluding hydrogens is 266 g/mol. The SMILES string of the molecule is C=C(C)[C@]12CCN(Cc3cc4c(cc31)OCO4)[C@H]2CC=O. The van der Waals surface area contributed by atoms with Gasteiger partial charge in [0, 0.05) is 31.0 Å². The summed E-state index contributed by atoms with van der Waals surface area (Å²) < 4.78 is 11.1. The van der Waals surface area contributed by atoms with E-state index in [0.29, 0.717) is 13.2 Å². The summed E-state index contributed by atoms with van der Waals surface area (Å²) in [6.45, 7) is 8.52. The van der Waals surface area contributed by atoms with Gasteiger partial charge in [-0.2, -0.15) is 0 Å². The summed E-state index contributed by atoms with van der Waals surface area (Å²) in [5.74, 6) is 1.65. The van der Waals surface area contributed by atoms with Crippen molar-refractivity contribution < 1.29 is 14.3 Å². The number of benzene rings is 1. The first-order valence-corrected chi connectivity index (χ1v) is 7.43. The van der Waals surface area contributed by atoms with Crippen LogP contribution < -0.4 is 9.47 Å². The average Bonchev–Trinajstić information content (AvgIpc) is 3.00. The Morgan fingerprint density at radius 2 is 2.24 bits per heavy atom. The van der Waals surface area contributed by atoms with Crippen LogP contribution in [-0.2, 0) is 16.8 Å². The maximum absolute atomic E-state index is 11.2. The van der Waals surface area contributed by atoms with Gasteiger partial charge < -0.3 is 14.3 Å². The fourth-order valence-corrected chi connectivity index (χ4v) is 4.38. The lowest BCUT2D eigenvalue weighted by molar-refractivity contribution is -0.109. The second kappa shape index (κ2) is 4.34. The number of carbonyl (C=O) groups is 1. The van der Waals surface area contributed by atoms with E-state index in [4.69, 9.17) is 9.47 Å². The van der Waals surface area contributed by atoms with Crippen molar-refractivity contribution in [1.82, 2.24) is 4.90 Å². The molecule has 4 nitrogen and oxygen atoms in total. The van der Waals surface area contributed by atoms with E-state index in [2.05, 4.69) is 30.5 Å². The maximum atomic E-state index is 11.2. The van der Waals surface area contributed by atoms with Crippen molar-refractivity contribution in [2.45, 2.75) is 37.8 Å². The first kappa shape index (κ1) is 12.9. The van der Waals surface area contributed by atoms with E-state index < -0.39 is 0 Å². The van der Waals surface area contributed by atoms with E-state index in [1.165, 1.54) is 11.1 Å². The normalized spacial score (nSPS) is 31.9. The molecule has 3 aliphatic heterocycles. The van der Waals surface area contributed by atoms with Crippen molar-refractivity contribution in [2.75, 3.05) is 13.3 Å². The summed E-state index contributed by atoms with van der Waals surface area (Å²) in [5, 5.41) is 0. The van der Waals surface area contributed by atoms with Crippen molar-refractivity contribution in [3.63, 3.8) is 0 Å². The number of hydrogen-bond acceptors (Lipinski definition) is 4. The fraction of sp³-hybridized carbons (Fsp3) is 0.471. The second-order valence-corrected chi connectivity index (χ2v) is 6.25. The number of hydrogen-bond donors (Lipinski definition) is 0. The van der Waals surface area contributed by atoms with Gasteiger partial charge in [0.2, 0.25) is 6.79 Å². The molecular formula is C17H19NO3. The summed E-state index contributed by atoms with van der Waals surface area (Å²) in [5.41, 5.74) is 3.56. The molecule has 1 aromatic carbocycles. The third-order valence-corrected chi connectivity index (χ3v) is 5.34. The molecule has 0 N–H and O–H groups in total. The minimum Gasteiger partial charge on any atom is -0.454 e. The highest BCUT2D eigenvalue weighted by molar-refractivity contribution is 5.59. The number of carbonyl (C=O) groups excluding carboxylic acids is 1. The highest BCUT2D eigenvalue weighted by atomic mass is 16.7. The molecule has 3 aliphatic rings. The topological polar surface area (TPSA) is 38.8 Å². The number of aldehydes is 1. The van der Waals surface area contributed by atoms with Crippen LogP contribution in [0.1, 0.15) is 30.9 Å². The summed E-state index contributed by atoms with van der Waals surface area (Å²) in [6, 6.07) is 4.44. The average molecular weight is 285 g/mol. The third-order valence-electron chi connectivity index (χ3n) is 5.34. The molecule has 0 radical (unpaired) electrons. The molecule has 0 amide bonds. The molecule has 4 heteroatoms. The van der Waals surface area contributed by atoms with Crippen LogP contribution in [0.15, 0.2) is 24.3 Å². The van der Waals surface area contributed by atoms with Gasteiger partial charge in [-0.05, 0) is 36.6 Å². The Hall–Kier alpha value is -1.81.